The number of nitrogens with one attached hydrogen (secondary N) is 2. The van der Waals surface area contributed by atoms with Crippen LogP contribution in [0.3, 0.4) is 0 Å². The smallest absolute Gasteiger partial charge is 0.220 e. The molecular weight excluding hydrogens is 292 g/mol. The maximum absolute atomic E-state index is 11.7. The minimum atomic E-state index is -0.0140. The quantitative estimate of drug-likeness (QED) is 0.651. The molecule has 2 amide bonds. The summed E-state index contributed by atoms with van der Waals surface area (Å²) in [7, 11) is 0. The Labute approximate surface area is 138 Å². The number of hydrogen-bond donors (Lipinski definition) is 2. The molecule has 5 heteroatoms. The highest BCUT2D eigenvalue weighted by molar-refractivity contribution is 5.77. The molecule has 0 saturated carbocycles. The minimum Gasteiger partial charge on any atom is -0.493 e. The summed E-state index contributed by atoms with van der Waals surface area (Å²) >= 11 is 0. The number of rotatable bonds is 10. The van der Waals surface area contributed by atoms with Gasteiger partial charge in [0.2, 0.25) is 11.8 Å². The van der Waals surface area contributed by atoms with Gasteiger partial charge in [0.15, 0.2) is 0 Å². The third-order valence-corrected chi connectivity index (χ3v) is 3.45. The maximum atomic E-state index is 11.7. The highest BCUT2D eigenvalue weighted by Gasteiger charge is 2.05. The van der Waals surface area contributed by atoms with Gasteiger partial charge in [-0.25, -0.2) is 0 Å². The molecule has 0 aromatic heterocycles. The van der Waals surface area contributed by atoms with Gasteiger partial charge < -0.3 is 15.4 Å². The molecule has 0 fully saturated rings. The van der Waals surface area contributed by atoms with E-state index < -0.39 is 0 Å². The molecule has 2 N–H and O–H groups in total. The average molecular weight is 320 g/mol. The number of hydrogen-bond acceptors (Lipinski definition) is 3. The van der Waals surface area contributed by atoms with Crippen molar-refractivity contribution in [2.24, 2.45) is 0 Å². The molecule has 1 aromatic carbocycles. The van der Waals surface area contributed by atoms with E-state index in [2.05, 4.69) is 10.6 Å². The normalized spacial score (nSPS) is 10.2. The first-order valence-corrected chi connectivity index (χ1v) is 8.27. The fourth-order valence-electron chi connectivity index (χ4n) is 2.24. The molecule has 128 valence electrons. The molecule has 0 bridgehead atoms. The summed E-state index contributed by atoms with van der Waals surface area (Å²) in [6.07, 6.45) is 2.46. The van der Waals surface area contributed by atoms with E-state index in [4.69, 9.17) is 4.74 Å². The minimum absolute atomic E-state index is 0.0140. The van der Waals surface area contributed by atoms with Crippen molar-refractivity contribution in [1.82, 2.24) is 10.6 Å². The van der Waals surface area contributed by atoms with Crippen molar-refractivity contribution in [3.05, 3.63) is 29.3 Å². The summed E-state index contributed by atoms with van der Waals surface area (Å²) in [5.41, 5.74) is 2.22. The van der Waals surface area contributed by atoms with Crippen molar-refractivity contribution >= 4 is 11.8 Å². The van der Waals surface area contributed by atoms with Crippen molar-refractivity contribution in [1.29, 1.82) is 0 Å². The van der Waals surface area contributed by atoms with Gasteiger partial charge in [0, 0.05) is 25.9 Å². The Morgan fingerprint density at radius 1 is 1.00 bits per heavy atom. The van der Waals surface area contributed by atoms with Gasteiger partial charge >= 0.3 is 0 Å². The van der Waals surface area contributed by atoms with Crippen LogP contribution in [0.25, 0.3) is 0 Å². The van der Waals surface area contributed by atoms with Crippen molar-refractivity contribution < 1.29 is 14.3 Å². The van der Waals surface area contributed by atoms with E-state index in [0.29, 0.717) is 39.0 Å². The Balaban J connectivity index is 2.11. The van der Waals surface area contributed by atoms with Gasteiger partial charge in [0.1, 0.15) is 5.75 Å². The fraction of sp³-hybridized carbons (Fsp3) is 0.556. The molecule has 0 unspecified atom stereocenters. The third kappa shape index (κ3) is 7.68. The first kappa shape index (κ1) is 19.0. The number of aryl methyl sites for hydroxylation is 2. The lowest BCUT2D eigenvalue weighted by atomic mass is 10.1. The maximum Gasteiger partial charge on any atom is 0.220 e. The van der Waals surface area contributed by atoms with Gasteiger partial charge in [-0.1, -0.05) is 25.1 Å². The Morgan fingerprint density at radius 2 is 1.57 bits per heavy atom. The topological polar surface area (TPSA) is 67.4 Å². The van der Waals surface area contributed by atoms with Crippen molar-refractivity contribution in [2.45, 2.75) is 46.5 Å². The predicted octanol–water partition coefficient (Wildman–Crippen LogP) is 2.49. The Hall–Kier alpha value is -2.04. The van der Waals surface area contributed by atoms with Crippen LogP contribution in [0, 0.1) is 13.8 Å². The number of ether oxygens (including phenoxy) is 1. The molecule has 0 saturated heterocycles. The molecule has 1 aromatic rings. The molecule has 0 aliphatic carbocycles. The summed E-state index contributed by atoms with van der Waals surface area (Å²) in [5.74, 6) is 0.926. The van der Waals surface area contributed by atoms with Crippen LogP contribution in [0.2, 0.25) is 0 Å². The Morgan fingerprint density at radius 3 is 2.13 bits per heavy atom. The highest BCUT2D eigenvalue weighted by atomic mass is 16.5. The van der Waals surface area contributed by atoms with E-state index in [1.54, 1.807) is 0 Å². The monoisotopic (exact) mass is 320 g/mol. The zero-order valence-corrected chi connectivity index (χ0v) is 14.4. The lowest BCUT2D eigenvalue weighted by Crippen LogP contribution is -2.34. The Bertz CT molecular complexity index is 495. The van der Waals surface area contributed by atoms with Gasteiger partial charge in [-0.05, 0) is 37.8 Å². The van der Waals surface area contributed by atoms with Crippen LogP contribution in [0.1, 0.15) is 43.7 Å². The summed E-state index contributed by atoms with van der Waals surface area (Å²) in [6.45, 7) is 7.45. The molecule has 5 nitrogen and oxygen atoms in total. The highest BCUT2D eigenvalue weighted by Crippen LogP contribution is 2.22. The van der Waals surface area contributed by atoms with Crippen LogP contribution in [0.15, 0.2) is 18.2 Å². The third-order valence-electron chi connectivity index (χ3n) is 3.45. The molecule has 23 heavy (non-hydrogen) atoms. The summed E-state index contributed by atoms with van der Waals surface area (Å²) in [6, 6.07) is 6.04. The van der Waals surface area contributed by atoms with Gasteiger partial charge in [0.05, 0.1) is 6.61 Å². The van der Waals surface area contributed by atoms with E-state index in [1.165, 1.54) is 0 Å². The van der Waals surface area contributed by atoms with E-state index in [-0.39, 0.29) is 11.8 Å². The lowest BCUT2D eigenvalue weighted by molar-refractivity contribution is -0.123. The number of carbonyl (C=O) groups is 2. The van der Waals surface area contributed by atoms with E-state index in [9.17, 15) is 9.59 Å². The second-order valence-corrected chi connectivity index (χ2v) is 5.62. The van der Waals surface area contributed by atoms with Crippen LogP contribution < -0.4 is 15.4 Å². The van der Waals surface area contributed by atoms with E-state index in [1.807, 2.05) is 39.0 Å². The number of carbonyl (C=O) groups excluding carboxylic acids is 2. The first-order chi connectivity index (χ1) is 11.0. The van der Waals surface area contributed by atoms with Crippen LogP contribution in [-0.4, -0.2) is 31.5 Å². The zero-order valence-electron chi connectivity index (χ0n) is 14.4. The van der Waals surface area contributed by atoms with Crippen molar-refractivity contribution in [3.8, 4) is 5.75 Å². The lowest BCUT2D eigenvalue weighted by Gasteiger charge is -2.12. The molecule has 0 heterocycles. The fourth-order valence-corrected chi connectivity index (χ4v) is 2.24. The zero-order chi connectivity index (χ0) is 17.1. The van der Waals surface area contributed by atoms with Crippen LogP contribution in [0.4, 0.5) is 0 Å². The molecule has 0 spiro atoms. The van der Waals surface area contributed by atoms with Crippen molar-refractivity contribution in [3.63, 3.8) is 0 Å². The van der Waals surface area contributed by atoms with Crippen LogP contribution in [-0.2, 0) is 9.59 Å². The molecule has 0 aliphatic rings. The van der Waals surface area contributed by atoms with Crippen molar-refractivity contribution in [2.75, 3.05) is 19.7 Å². The summed E-state index contributed by atoms with van der Waals surface area (Å²) in [4.78, 5) is 22.9. The summed E-state index contributed by atoms with van der Waals surface area (Å²) < 4.78 is 5.76. The molecule has 0 atom stereocenters. The Kier molecular flexibility index (Phi) is 8.80. The SMILES string of the molecule is CCCC(=O)NCCNC(=O)CCCOc1c(C)cccc1C. The van der Waals surface area contributed by atoms with Crippen LogP contribution in [0.5, 0.6) is 5.75 Å². The molecule has 0 radical (unpaired) electrons. The predicted molar refractivity (Wildman–Crippen MR) is 91.6 cm³/mol. The molecular formula is C18H28N2O3. The largest absolute Gasteiger partial charge is 0.493 e. The standard InChI is InChI=1S/C18H28N2O3/c1-4-7-16(21)19-11-12-20-17(22)10-6-13-23-18-14(2)8-5-9-15(18)3/h5,8-9H,4,6-7,10-13H2,1-3H3,(H,19,21)(H,20,22). The molecule has 1 rings (SSSR count). The second-order valence-electron chi connectivity index (χ2n) is 5.62. The van der Waals surface area contributed by atoms with Gasteiger partial charge in [0.25, 0.3) is 0 Å². The van der Waals surface area contributed by atoms with E-state index in [0.717, 1.165) is 23.3 Å². The number of benzene rings is 1. The average Bonchev–Trinajstić information content (AvgIpc) is 2.50. The number of amides is 2. The van der Waals surface area contributed by atoms with Crippen LogP contribution >= 0.6 is 0 Å². The summed E-state index contributed by atoms with van der Waals surface area (Å²) in [5, 5.41) is 5.55. The van der Waals surface area contributed by atoms with E-state index >= 15 is 0 Å². The molecule has 0 aliphatic heterocycles. The van der Waals surface area contributed by atoms with Gasteiger partial charge in [-0.3, -0.25) is 9.59 Å². The second kappa shape index (κ2) is 10.6. The van der Waals surface area contributed by atoms with Gasteiger partial charge in [-0.2, -0.15) is 0 Å². The number of para-hydroxylation sites is 1. The van der Waals surface area contributed by atoms with Gasteiger partial charge in [-0.15, -0.1) is 0 Å². The first-order valence-electron chi connectivity index (χ1n) is 8.27.